The number of aromatic carboxylic acids is 1. The molecule has 0 aliphatic carbocycles. The summed E-state index contributed by atoms with van der Waals surface area (Å²) in [5.74, 6) is -0.719. The average Bonchev–Trinajstić information content (AvgIpc) is 2.33. The number of anilines is 1. The van der Waals surface area contributed by atoms with E-state index in [-0.39, 0.29) is 11.6 Å². The smallest absolute Gasteiger partial charge is 0.339 e. The number of urea groups is 1. The SMILES string of the molecule is Cc1nc(NCCNC(=O)N(C)C)ncc1C(=O)O. The number of hydrogen-bond acceptors (Lipinski definition) is 5. The lowest BCUT2D eigenvalue weighted by Crippen LogP contribution is -2.37. The summed E-state index contributed by atoms with van der Waals surface area (Å²) in [6, 6.07) is -0.180. The van der Waals surface area contributed by atoms with E-state index in [0.29, 0.717) is 24.7 Å². The number of carboxylic acid groups (broad SMARTS) is 1. The molecule has 0 unspecified atom stereocenters. The summed E-state index contributed by atoms with van der Waals surface area (Å²) in [6.07, 6.45) is 1.26. The number of carboxylic acids is 1. The van der Waals surface area contributed by atoms with Crippen LogP contribution in [0.5, 0.6) is 0 Å². The van der Waals surface area contributed by atoms with Crippen LogP contribution in [0.15, 0.2) is 6.20 Å². The van der Waals surface area contributed by atoms with Gasteiger partial charge in [-0.15, -0.1) is 0 Å². The highest BCUT2D eigenvalue weighted by molar-refractivity contribution is 5.88. The zero-order chi connectivity index (χ0) is 14.4. The number of carbonyl (C=O) groups excluding carboxylic acids is 1. The summed E-state index contributed by atoms with van der Waals surface area (Å²) in [5, 5.41) is 14.4. The minimum absolute atomic E-state index is 0.0754. The first-order valence-electron chi connectivity index (χ1n) is 5.67. The van der Waals surface area contributed by atoms with Crippen molar-refractivity contribution in [2.75, 3.05) is 32.5 Å². The van der Waals surface area contributed by atoms with Gasteiger partial charge in [-0.25, -0.2) is 19.6 Å². The van der Waals surface area contributed by atoms with Gasteiger partial charge in [0.25, 0.3) is 0 Å². The quantitative estimate of drug-likeness (QED) is 0.656. The summed E-state index contributed by atoms with van der Waals surface area (Å²) in [5.41, 5.74) is 0.466. The zero-order valence-corrected chi connectivity index (χ0v) is 11.1. The highest BCUT2D eigenvalue weighted by Gasteiger charge is 2.09. The predicted octanol–water partition coefficient (Wildman–Crippen LogP) is 0.166. The molecule has 1 aromatic rings. The number of rotatable bonds is 5. The Balaban J connectivity index is 2.44. The lowest BCUT2D eigenvalue weighted by atomic mass is 10.2. The van der Waals surface area contributed by atoms with Crippen molar-refractivity contribution in [3.8, 4) is 0 Å². The maximum Gasteiger partial charge on any atom is 0.339 e. The van der Waals surface area contributed by atoms with E-state index in [4.69, 9.17) is 5.11 Å². The summed E-state index contributed by atoms with van der Waals surface area (Å²) in [6.45, 7) is 2.47. The lowest BCUT2D eigenvalue weighted by molar-refractivity contribution is 0.0695. The number of nitrogens with zero attached hydrogens (tertiary/aromatic N) is 3. The van der Waals surface area contributed by atoms with Gasteiger partial charge in [-0.1, -0.05) is 0 Å². The van der Waals surface area contributed by atoms with Gasteiger partial charge < -0.3 is 20.6 Å². The first-order valence-corrected chi connectivity index (χ1v) is 5.67. The van der Waals surface area contributed by atoms with Gasteiger partial charge in [-0.05, 0) is 6.92 Å². The van der Waals surface area contributed by atoms with Gasteiger partial charge in [0.15, 0.2) is 0 Å². The fourth-order valence-corrected chi connectivity index (χ4v) is 1.26. The van der Waals surface area contributed by atoms with Gasteiger partial charge >= 0.3 is 12.0 Å². The monoisotopic (exact) mass is 267 g/mol. The predicted molar refractivity (Wildman–Crippen MR) is 69.3 cm³/mol. The molecule has 0 aliphatic rings. The summed E-state index contributed by atoms with van der Waals surface area (Å²) < 4.78 is 0. The van der Waals surface area contributed by atoms with E-state index in [0.717, 1.165) is 0 Å². The molecule has 0 radical (unpaired) electrons. The van der Waals surface area contributed by atoms with E-state index in [1.54, 1.807) is 21.0 Å². The molecule has 104 valence electrons. The van der Waals surface area contributed by atoms with Crippen LogP contribution in [0.2, 0.25) is 0 Å². The molecule has 1 aromatic heterocycles. The molecule has 8 heteroatoms. The van der Waals surface area contributed by atoms with Gasteiger partial charge in [-0.2, -0.15) is 0 Å². The van der Waals surface area contributed by atoms with Gasteiger partial charge in [-0.3, -0.25) is 0 Å². The van der Waals surface area contributed by atoms with Gasteiger partial charge in [0.05, 0.1) is 11.3 Å². The molecule has 0 saturated heterocycles. The molecule has 2 amide bonds. The second-order valence-corrected chi connectivity index (χ2v) is 4.05. The van der Waals surface area contributed by atoms with Crippen molar-refractivity contribution in [2.45, 2.75) is 6.92 Å². The van der Waals surface area contributed by atoms with Crippen molar-refractivity contribution < 1.29 is 14.7 Å². The fraction of sp³-hybridized carbons (Fsp3) is 0.455. The number of hydrogen-bond donors (Lipinski definition) is 3. The Kier molecular flexibility index (Phi) is 5.04. The van der Waals surface area contributed by atoms with Crippen LogP contribution in [-0.4, -0.2) is 59.2 Å². The molecule has 0 atom stereocenters. The molecule has 3 N–H and O–H groups in total. The van der Waals surface area contributed by atoms with Crippen molar-refractivity contribution in [3.05, 3.63) is 17.5 Å². The third-order valence-corrected chi connectivity index (χ3v) is 2.30. The summed E-state index contributed by atoms with van der Waals surface area (Å²) >= 11 is 0. The van der Waals surface area contributed by atoms with Crippen molar-refractivity contribution in [2.24, 2.45) is 0 Å². The largest absolute Gasteiger partial charge is 0.478 e. The molecule has 0 bridgehead atoms. The number of amides is 2. The molecule has 0 saturated carbocycles. The molecule has 19 heavy (non-hydrogen) atoms. The normalized spacial score (nSPS) is 9.84. The van der Waals surface area contributed by atoms with Crippen LogP contribution < -0.4 is 10.6 Å². The van der Waals surface area contributed by atoms with Crippen LogP contribution in [0.25, 0.3) is 0 Å². The summed E-state index contributed by atoms with van der Waals surface area (Å²) in [7, 11) is 3.31. The van der Waals surface area contributed by atoms with Gasteiger partial charge in [0, 0.05) is 33.4 Å². The first-order chi connectivity index (χ1) is 8.91. The maximum absolute atomic E-state index is 11.2. The van der Waals surface area contributed by atoms with E-state index in [2.05, 4.69) is 20.6 Å². The Morgan fingerprint density at radius 2 is 2.05 bits per heavy atom. The van der Waals surface area contributed by atoms with Gasteiger partial charge in [0.2, 0.25) is 5.95 Å². The molecule has 0 fully saturated rings. The highest BCUT2D eigenvalue weighted by atomic mass is 16.4. The Morgan fingerprint density at radius 1 is 1.37 bits per heavy atom. The fourth-order valence-electron chi connectivity index (χ4n) is 1.26. The van der Waals surface area contributed by atoms with Crippen molar-refractivity contribution in [3.63, 3.8) is 0 Å². The molecule has 0 spiro atoms. The highest BCUT2D eigenvalue weighted by Crippen LogP contribution is 2.06. The van der Waals surface area contributed by atoms with Crippen LogP contribution in [0, 0.1) is 6.92 Å². The average molecular weight is 267 g/mol. The van der Waals surface area contributed by atoms with Crippen LogP contribution >= 0.6 is 0 Å². The van der Waals surface area contributed by atoms with E-state index < -0.39 is 5.97 Å². The Labute approximate surface area is 110 Å². The zero-order valence-electron chi connectivity index (χ0n) is 11.1. The molecule has 0 aromatic carbocycles. The Morgan fingerprint density at radius 3 is 2.58 bits per heavy atom. The van der Waals surface area contributed by atoms with E-state index in [1.165, 1.54) is 11.1 Å². The minimum Gasteiger partial charge on any atom is -0.478 e. The van der Waals surface area contributed by atoms with E-state index in [1.807, 2.05) is 0 Å². The third kappa shape index (κ3) is 4.41. The minimum atomic E-state index is -1.05. The molecule has 8 nitrogen and oxygen atoms in total. The molecule has 1 heterocycles. The number of aryl methyl sites for hydroxylation is 1. The Hall–Kier alpha value is -2.38. The van der Waals surface area contributed by atoms with E-state index >= 15 is 0 Å². The van der Waals surface area contributed by atoms with E-state index in [9.17, 15) is 9.59 Å². The van der Waals surface area contributed by atoms with Crippen LogP contribution in [0.4, 0.5) is 10.7 Å². The number of carbonyl (C=O) groups is 2. The van der Waals surface area contributed by atoms with Crippen LogP contribution in [0.1, 0.15) is 16.1 Å². The molecule has 0 aliphatic heterocycles. The number of aromatic nitrogens is 2. The first kappa shape index (κ1) is 14.7. The Bertz CT molecular complexity index is 475. The van der Waals surface area contributed by atoms with Crippen molar-refractivity contribution in [1.29, 1.82) is 0 Å². The van der Waals surface area contributed by atoms with Gasteiger partial charge in [0.1, 0.15) is 0 Å². The topological polar surface area (TPSA) is 107 Å². The van der Waals surface area contributed by atoms with Crippen LogP contribution in [-0.2, 0) is 0 Å². The molecule has 1 rings (SSSR count). The van der Waals surface area contributed by atoms with Crippen molar-refractivity contribution in [1.82, 2.24) is 20.2 Å². The molecular formula is C11H17N5O3. The van der Waals surface area contributed by atoms with Crippen LogP contribution in [0.3, 0.4) is 0 Å². The lowest BCUT2D eigenvalue weighted by Gasteiger charge is -2.12. The standard InChI is InChI=1S/C11H17N5O3/c1-7-8(9(17)18)6-14-10(15-7)12-4-5-13-11(19)16(2)3/h6H,4-5H2,1-3H3,(H,13,19)(H,17,18)(H,12,14,15). The second-order valence-electron chi connectivity index (χ2n) is 4.05. The molecular weight excluding hydrogens is 250 g/mol. The number of nitrogens with one attached hydrogen (secondary N) is 2. The summed E-state index contributed by atoms with van der Waals surface area (Å²) in [4.78, 5) is 31.3. The van der Waals surface area contributed by atoms with Crippen molar-refractivity contribution >= 4 is 17.9 Å². The third-order valence-electron chi connectivity index (χ3n) is 2.30. The maximum atomic E-state index is 11.2. The second kappa shape index (κ2) is 6.53.